The van der Waals surface area contributed by atoms with Crippen molar-refractivity contribution in [2.45, 2.75) is 9.79 Å². The SMILES string of the molecule is CSc1ccc(-c2ncc(Br)cc2[N+](=O)[O-])cc1.CSc1ccc(B(O)O)cc1. The standard InChI is InChI=1S/C12H9BrN2O2S.C7H9BO2S/c1-18-10-4-2-8(3-5-10)12-11(15(16)17)6-9(13)7-14-12;1-11-7-4-2-6(3-5-7)8(9)10/h2-7H,1H3;2-5,9-10H,1H3. The fourth-order valence-corrected chi connectivity index (χ4v) is 3.45. The minimum atomic E-state index is -1.36. The van der Waals surface area contributed by atoms with Crippen LogP contribution in [0.2, 0.25) is 0 Å². The molecule has 0 radical (unpaired) electrons. The summed E-state index contributed by atoms with van der Waals surface area (Å²) < 4.78 is 0.596. The first kappa shape index (κ1) is 23.4. The van der Waals surface area contributed by atoms with Crippen LogP contribution in [0.15, 0.2) is 75.1 Å². The van der Waals surface area contributed by atoms with Crippen molar-refractivity contribution in [3.63, 3.8) is 0 Å². The van der Waals surface area contributed by atoms with Crippen LogP contribution in [-0.4, -0.2) is 39.6 Å². The molecule has 0 unspecified atom stereocenters. The molecule has 0 saturated heterocycles. The second-order valence-corrected chi connectivity index (χ2v) is 8.33. The van der Waals surface area contributed by atoms with Crippen LogP contribution in [0.4, 0.5) is 5.69 Å². The lowest BCUT2D eigenvalue weighted by molar-refractivity contribution is -0.384. The van der Waals surface area contributed by atoms with Crippen molar-refractivity contribution < 1.29 is 15.0 Å². The number of nitro groups is 1. The molecule has 0 amide bonds. The summed E-state index contributed by atoms with van der Waals surface area (Å²) in [6.07, 6.45) is 5.52. The van der Waals surface area contributed by atoms with Gasteiger partial charge in [0.25, 0.3) is 5.69 Å². The average molecular weight is 493 g/mol. The van der Waals surface area contributed by atoms with Crippen LogP contribution in [0.5, 0.6) is 0 Å². The van der Waals surface area contributed by atoms with Crippen molar-refractivity contribution in [1.82, 2.24) is 4.98 Å². The van der Waals surface area contributed by atoms with E-state index in [0.717, 1.165) is 15.4 Å². The number of nitrogens with zero attached hydrogens (tertiary/aromatic N) is 2. The van der Waals surface area contributed by atoms with E-state index in [1.807, 2.05) is 48.9 Å². The molecule has 0 saturated carbocycles. The van der Waals surface area contributed by atoms with Crippen LogP contribution in [0, 0.1) is 10.1 Å². The van der Waals surface area contributed by atoms with Gasteiger partial charge < -0.3 is 10.0 Å². The number of pyridine rings is 1. The van der Waals surface area contributed by atoms with Gasteiger partial charge in [-0.15, -0.1) is 23.5 Å². The molecule has 29 heavy (non-hydrogen) atoms. The van der Waals surface area contributed by atoms with Gasteiger partial charge in [0, 0.05) is 32.1 Å². The largest absolute Gasteiger partial charge is 0.488 e. The summed E-state index contributed by atoms with van der Waals surface area (Å²) >= 11 is 6.44. The van der Waals surface area contributed by atoms with Crippen LogP contribution in [0.1, 0.15) is 0 Å². The van der Waals surface area contributed by atoms with Crippen LogP contribution >= 0.6 is 39.5 Å². The number of hydrogen-bond acceptors (Lipinski definition) is 7. The van der Waals surface area contributed by atoms with Crippen molar-refractivity contribution >= 4 is 57.7 Å². The Morgan fingerprint density at radius 1 is 1.00 bits per heavy atom. The summed E-state index contributed by atoms with van der Waals surface area (Å²) in [5, 5.41) is 28.5. The first-order chi connectivity index (χ1) is 13.8. The van der Waals surface area contributed by atoms with Gasteiger partial charge in [0.2, 0.25) is 0 Å². The molecule has 0 atom stereocenters. The fourth-order valence-electron chi connectivity index (χ4n) is 2.32. The van der Waals surface area contributed by atoms with E-state index >= 15 is 0 Å². The van der Waals surface area contributed by atoms with Crippen LogP contribution in [-0.2, 0) is 0 Å². The number of thioether (sulfide) groups is 2. The predicted octanol–water partition coefficient (Wildman–Crippen LogP) is 4.23. The highest BCUT2D eigenvalue weighted by atomic mass is 79.9. The van der Waals surface area contributed by atoms with E-state index in [1.54, 1.807) is 41.9 Å². The normalized spacial score (nSPS) is 10.1. The van der Waals surface area contributed by atoms with Gasteiger partial charge >= 0.3 is 7.12 Å². The molecule has 0 aliphatic rings. The molecule has 2 aromatic carbocycles. The third-order valence-electron chi connectivity index (χ3n) is 3.81. The van der Waals surface area contributed by atoms with Crippen molar-refractivity contribution in [1.29, 1.82) is 0 Å². The maximum Gasteiger partial charge on any atom is 0.488 e. The average Bonchev–Trinajstić information content (AvgIpc) is 2.74. The minimum absolute atomic E-state index is 0.00118. The summed E-state index contributed by atoms with van der Waals surface area (Å²) in [5.41, 5.74) is 1.66. The smallest absolute Gasteiger partial charge is 0.423 e. The molecule has 10 heteroatoms. The Morgan fingerprint density at radius 3 is 1.97 bits per heavy atom. The van der Waals surface area contributed by atoms with Gasteiger partial charge in [-0.2, -0.15) is 0 Å². The number of benzene rings is 2. The molecule has 6 nitrogen and oxygen atoms in total. The van der Waals surface area contributed by atoms with Gasteiger partial charge in [0.1, 0.15) is 5.69 Å². The number of rotatable bonds is 5. The Hall–Kier alpha value is -1.85. The summed E-state index contributed by atoms with van der Waals surface area (Å²) in [5.74, 6) is 0. The highest BCUT2D eigenvalue weighted by Gasteiger charge is 2.17. The zero-order valence-electron chi connectivity index (χ0n) is 15.7. The van der Waals surface area contributed by atoms with Crippen molar-refractivity contribution in [2.24, 2.45) is 0 Å². The van der Waals surface area contributed by atoms with E-state index < -0.39 is 12.0 Å². The predicted molar refractivity (Wildman–Crippen MR) is 124 cm³/mol. The molecular formula is C19H18BBrN2O4S2. The fraction of sp³-hybridized carbons (Fsp3) is 0.105. The molecule has 3 aromatic rings. The van der Waals surface area contributed by atoms with E-state index in [1.165, 1.54) is 6.07 Å². The summed E-state index contributed by atoms with van der Waals surface area (Å²) in [4.78, 5) is 16.9. The van der Waals surface area contributed by atoms with Crippen molar-refractivity contribution in [2.75, 3.05) is 12.5 Å². The number of hydrogen-bond donors (Lipinski definition) is 2. The Kier molecular flexibility index (Phi) is 9.19. The summed E-state index contributed by atoms with van der Waals surface area (Å²) in [6, 6.07) is 16.1. The lowest BCUT2D eigenvalue weighted by atomic mass is 9.81. The Balaban J connectivity index is 0.000000234. The van der Waals surface area contributed by atoms with E-state index in [2.05, 4.69) is 20.9 Å². The zero-order chi connectivity index (χ0) is 21.4. The summed E-state index contributed by atoms with van der Waals surface area (Å²) in [6.45, 7) is 0. The van der Waals surface area contributed by atoms with Crippen LogP contribution in [0.25, 0.3) is 11.3 Å². The molecule has 1 heterocycles. The lowest BCUT2D eigenvalue weighted by Gasteiger charge is -2.03. The quantitative estimate of drug-likeness (QED) is 0.238. The Bertz CT molecular complexity index is 957. The second-order valence-electron chi connectivity index (χ2n) is 5.65. The topological polar surface area (TPSA) is 96.5 Å². The van der Waals surface area contributed by atoms with Gasteiger partial charge in [-0.1, -0.05) is 24.3 Å². The first-order valence-corrected chi connectivity index (χ1v) is 11.5. The van der Waals surface area contributed by atoms with Gasteiger partial charge in [-0.3, -0.25) is 10.1 Å². The van der Waals surface area contributed by atoms with Gasteiger partial charge in [0.15, 0.2) is 0 Å². The molecule has 0 fully saturated rings. The maximum atomic E-state index is 11.0. The highest BCUT2D eigenvalue weighted by Crippen LogP contribution is 2.30. The zero-order valence-corrected chi connectivity index (χ0v) is 18.9. The molecule has 3 rings (SSSR count). The van der Waals surface area contributed by atoms with Crippen molar-refractivity contribution in [3.05, 3.63) is 75.4 Å². The Labute approximate surface area is 186 Å². The second kappa shape index (κ2) is 11.4. The Morgan fingerprint density at radius 2 is 1.52 bits per heavy atom. The van der Waals surface area contributed by atoms with Crippen LogP contribution < -0.4 is 5.46 Å². The third kappa shape index (κ3) is 6.86. The van der Waals surface area contributed by atoms with E-state index in [4.69, 9.17) is 10.0 Å². The minimum Gasteiger partial charge on any atom is -0.423 e. The van der Waals surface area contributed by atoms with Gasteiger partial charge in [-0.25, -0.2) is 4.98 Å². The number of halogens is 1. The van der Waals surface area contributed by atoms with E-state index in [-0.39, 0.29) is 5.69 Å². The monoisotopic (exact) mass is 492 g/mol. The molecule has 0 spiro atoms. The van der Waals surface area contributed by atoms with E-state index in [0.29, 0.717) is 15.6 Å². The van der Waals surface area contributed by atoms with E-state index in [9.17, 15) is 10.1 Å². The molecule has 2 N–H and O–H groups in total. The summed E-state index contributed by atoms with van der Waals surface area (Å²) in [7, 11) is -1.36. The van der Waals surface area contributed by atoms with Gasteiger partial charge in [0.05, 0.1) is 4.92 Å². The molecule has 150 valence electrons. The first-order valence-electron chi connectivity index (χ1n) is 8.30. The molecule has 0 aliphatic heterocycles. The molecule has 0 bridgehead atoms. The highest BCUT2D eigenvalue weighted by molar-refractivity contribution is 9.10. The lowest BCUT2D eigenvalue weighted by Crippen LogP contribution is -2.29. The third-order valence-corrected chi connectivity index (χ3v) is 5.73. The van der Waals surface area contributed by atoms with Crippen LogP contribution in [0.3, 0.4) is 0 Å². The molecule has 1 aromatic heterocycles. The number of aromatic nitrogens is 1. The van der Waals surface area contributed by atoms with Crippen molar-refractivity contribution in [3.8, 4) is 11.3 Å². The maximum absolute atomic E-state index is 11.0. The van der Waals surface area contributed by atoms with Gasteiger partial charge in [-0.05, 0) is 58.2 Å². The molecule has 0 aliphatic carbocycles. The molecular weight excluding hydrogens is 475 g/mol.